The Morgan fingerprint density at radius 3 is 2.45 bits per heavy atom. The highest BCUT2D eigenvalue weighted by Gasteiger charge is 2.41. The number of carbonyl (C=O) groups is 2. The number of hydrogen-bond donors (Lipinski definition) is 2. The summed E-state index contributed by atoms with van der Waals surface area (Å²) in [4.78, 5) is 23.4. The molecule has 20 heavy (non-hydrogen) atoms. The molecule has 0 saturated heterocycles. The highest BCUT2D eigenvalue weighted by molar-refractivity contribution is 5.85. The molecular weight excluding hydrogens is 258 g/mol. The maximum atomic E-state index is 12.2. The fourth-order valence-electron chi connectivity index (χ4n) is 2.78. The monoisotopic (exact) mass is 285 g/mol. The smallest absolute Gasteiger partial charge is 0.307 e. The van der Waals surface area contributed by atoms with E-state index in [1.165, 1.54) is 0 Å². The molecule has 1 amide bonds. The zero-order valence-corrected chi connectivity index (χ0v) is 12.9. The van der Waals surface area contributed by atoms with Crippen molar-refractivity contribution in [2.45, 2.75) is 40.0 Å². The average Bonchev–Trinajstić information content (AvgIpc) is 2.76. The molecule has 3 unspecified atom stereocenters. The minimum Gasteiger partial charge on any atom is -0.481 e. The minimum atomic E-state index is -0.854. The van der Waals surface area contributed by atoms with E-state index in [9.17, 15) is 14.7 Å². The number of aliphatic carboxylic acids is 1. The Kier molecular flexibility index (Phi) is 5.99. The molecule has 0 aliphatic heterocycles. The number of carboxylic acids is 1. The van der Waals surface area contributed by atoms with Gasteiger partial charge in [-0.15, -0.1) is 0 Å². The molecule has 3 atom stereocenters. The Morgan fingerprint density at radius 2 is 1.90 bits per heavy atom. The largest absolute Gasteiger partial charge is 0.481 e. The summed E-state index contributed by atoms with van der Waals surface area (Å²) in [5.74, 6) is -1.60. The first-order chi connectivity index (χ1) is 9.26. The molecule has 0 aromatic rings. The van der Waals surface area contributed by atoms with Crippen LogP contribution in [-0.2, 0) is 14.3 Å². The third-order valence-corrected chi connectivity index (χ3v) is 4.18. The van der Waals surface area contributed by atoms with Crippen molar-refractivity contribution in [2.24, 2.45) is 23.2 Å². The summed E-state index contributed by atoms with van der Waals surface area (Å²) in [6.07, 6.45) is 2.12. The van der Waals surface area contributed by atoms with E-state index < -0.39 is 11.9 Å². The van der Waals surface area contributed by atoms with Gasteiger partial charge in [-0.05, 0) is 30.6 Å². The zero-order valence-electron chi connectivity index (χ0n) is 12.9. The summed E-state index contributed by atoms with van der Waals surface area (Å²) in [7, 11) is 1.66. The number of ether oxygens (including phenoxy) is 1. The lowest BCUT2D eigenvalue weighted by atomic mass is 9.89. The van der Waals surface area contributed by atoms with Gasteiger partial charge in [0.15, 0.2) is 0 Å². The second-order valence-corrected chi connectivity index (χ2v) is 6.75. The molecule has 0 bridgehead atoms. The van der Waals surface area contributed by atoms with Crippen LogP contribution in [0.25, 0.3) is 0 Å². The van der Waals surface area contributed by atoms with Crippen LogP contribution in [0.3, 0.4) is 0 Å². The highest BCUT2D eigenvalue weighted by atomic mass is 16.5. The summed E-state index contributed by atoms with van der Waals surface area (Å²) in [5.41, 5.74) is -0.0470. The molecule has 0 spiro atoms. The van der Waals surface area contributed by atoms with Crippen molar-refractivity contribution >= 4 is 11.9 Å². The lowest BCUT2D eigenvalue weighted by Crippen LogP contribution is -2.40. The standard InChI is InChI=1S/C15H27NO4/c1-10-7-11(12(8-10)14(18)19)13(17)16-9-15(2,3)5-6-20-4/h10-12H,5-9H2,1-4H3,(H,16,17)(H,18,19). The lowest BCUT2D eigenvalue weighted by molar-refractivity contribution is -0.146. The molecule has 1 aliphatic carbocycles. The van der Waals surface area contributed by atoms with Crippen molar-refractivity contribution in [2.75, 3.05) is 20.3 Å². The second kappa shape index (κ2) is 7.07. The van der Waals surface area contributed by atoms with E-state index in [1.807, 2.05) is 6.92 Å². The second-order valence-electron chi connectivity index (χ2n) is 6.75. The third-order valence-electron chi connectivity index (χ3n) is 4.18. The van der Waals surface area contributed by atoms with Crippen molar-refractivity contribution < 1.29 is 19.4 Å². The van der Waals surface area contributed by atoms with Gasteiger partial charge < -0.3 is 15.2 Å². The van der Waals surface area contributed by atoms with Gasteiger partial charge in [-0.25, -0.2) is 0 Å². The quantitative estimate of drug-likeness (QED) is 0.749. The van der Waals surface area contributed by atoms with E-state index in [1.54, 1.807) is 7.11 Å². The first kappa shape index (κ1) is 17.0. The normalized spacial score (nSPS) is 26.5. The molecule has 0 radical (unpaired) electrons. The van der Waals surface area contributed by atoms with Crippen LogP contribution >= 0.6 is 0 Å². The van der Waals surface area contributed by atoms with Crippen molar-refractivity contribution in [3.8, 4) is 0 Å². The maximum absolute atomic E-state index is 12.2. The van der Waals surface area contributed by atoms with Crippen LogP contribution in [0.4, 0.5) is 0 Å². The summed E-state index contributed by atoms with van der Waals surface area (Å²) < 4.78 is 5.06. The van der Waals surface area contributed by atoms with Crippen molar-refractivity contribution in [1.29, 1.82) is 0 Å². The van der Waals surface area contributed by atoms with Gasteiger partial charge in [-0.3, -0.25) is 9.59 Å². The van der Waals surface area contributed by atoms with Gasteiger partial charge in [0.1, 0.15) is 0 Å². The molecule has 116 valence electrons. The maximum Gasteiger partial charge on any atom is 0.307 e. The van der Waals surface area contributed by atoms with E-state index in [2.05, 4.69) is 19.2 Å². The van der Waals surface area contributed by atoms with Crippen LogP contribution in [0, 0.1) is 23.2 Å². The number of carboxylic acid groups (broad SMARTS) is 1. The zero-order chi connectivity index (χ0) is 15.3. The number of amides is 1. The average molecular weight is 285 g/mol. The number of methoxy groups -OCH3 is 1. The van der Waals surface area contributed by atoms with E-state index in [0.29, 0.717) is 31.9 Å². The van der Waals surface area contributed by atoms with E-state index >= 15 is 0 Å². The van der Waals surface area contributed by atoms with Crippen LogP contribution in [0.1, 0.15) is 40.0 Å². The van der Waals surface area contributed by atoms with Gasteiger partial charge in [-0.1, -0.05) is 20.8 Å². The SMILES string of the molecule is COCCC(C)(C)CNC(=O)C1CC(C)CC1C(=O)O. The Balaban J connectivity index is 2.51. The number of nitrogens with one attached hydrogen (secondary N) is 1. The molecule has 1 rings (SSSR count). The number of carbonyl (C=O) groups excluding carboxylic acids is 1. The van der Waals surface area contributed by atoms with Gasteiger partial charge in [0, 0.05) is 20.3 Å². The van der Waals surface area contributed by atoms with Gasteiger partial charge in [0.2, 0.25) is 5.91 Å². The van der Waals surface area contributed by atoms with Crippen LogP contribution in [0.15, 0.2) is 0 Å². The van der Waals surface area contributed by atoms with Crippen LogP contribution in [-0.4, -0.2) is 37.2 Å². The number of rotatable bonds is 7. The van der Waals surface area contributed by atoms with E-state index in [-0.39, 0.29) is 17.2 Å². The van der Waals surface area contributed by atoms with Gasteiger partial charge in [0.25, 0.3) is 0 Å². The molecule has 5 nitrogen and oxygen atoms in total. The highest BCUT2D eigenvalue weighted by Crippen LogP contribution is 2.36. The fourth-order valence-corrected chi connectivity index (χ4v) is 2.78. The molecule has 1 saturated carbocycles. The van der Waals surface area contributed by atoms with Crippen molar-refractivity contribution in [3.63, 3.8) is 0 Å². The van der Waals surface area contributed by atoms with Crippen molar-refractivity contribution in [3.05, 3.63) is 0 Å². The van der Waals surface area contributed by atoms with Gasteiger partial charge in [0.05, 0.1) is 11.8 Å². The fraction of sp³-hybridized carbons (Fsp3) is 0.867. The van der Waals surface area contributed by atoms with Crippen molar-refractivity contribution in [1.82, 2.24) is 5.32 Å². The molecule has 2 N–H and O–H groups in total. The predicted molar refractivity (Wildman–Crippen MR) is 76.3 cm³/mol. The molecule has 1 aliphatic rings. The van der Waals surface area contributed by atoms with Gasteiger partial charge in [-0.2, -0.15) is 0 Å². The Labute approximate surface area is 121 Å². The third kappa shape index (κ3) is 4.78. The molecular formula is C15H27NO4. The van der Waals surface area contributed by atoms with Crippen LogP contribution < -0.4 is 5.32 Å². The first-order valence-electron chi connectivity index (χ1n) is 7.26. The summed E-state index contributed by atoms with van der Waals surface area (Å²) in [5, 5.41) is 12.1. The Hall–Kier alpha value is -1.10. The molecule has 0 aromatic carbocycles. The molecule has 0 heterocycles. The Bertz CT molecular complexity index is 354. The molecule has 0 aromatic heterocycles. The van der Waals surface area contributed by atoms with E-state index in [0.717, 1.165) is 6.42 Å². The summed E-state index contributed by atoms with van der Waals surface area (Å²) >= 11 is 0. The number of hydrogen-bond acceptors (Lipinski definition) is 3. The summed E-state index contributed by atoms with van der Waals surface area (Å²) in [6, 6.07) is 0. The van der Waals surface area contributed by atoms with Crippen LogP contribution in [0.5, 0.6) is 0 Å². The predicted octanol–water partition coefficient (Wildman–Crippen LogP) is 1.91. The summed E-state index contributed by atoms with van der Waals surface area (Å²) in [6.45, 7) is 7.34. The Morgan fingerprint density at radius 1 is 1.30 bits per heavy atom. The van der Waals surface area contributed by atoms with Crippen LogP contribution in [0.2, 0.25) is 0 Å². The molecule has 1 fully saturated rings. The minimum absolute atomic E-state index is 0.0470. The first-order valence-corrected chi connectivity index (χ1v) is 7.26. The molecule has 5 heteroatoms. The van der Waals surface area contributed by atoms with E-state index in [4.69, 9.17) is 4.74 Å². The van der Waals surface area contributed by atoms with Gasteiger partial charge >= 0.3 is 5.97 Å². The topological polar surface area (TPSA) is 75.6 Å². The lowest BCUT2D eigenvalue weighted by Gasteiger charge is -2.26.